The highest BCUT2D eigenvalue weighted by molar-refractivity contribution is 7.89. The second-order valence-corrected chi connectivity index (χ2v) is 19.9. The second kappa shape index (κ2) is 14.4. The minimum Gasteiger partial charge on any atom is -0.395 e. The van der Waals surface area contributed by atoms with Crippen molar-refractivity contribution < 1.29 is 53.0 Å². The zero-order chi connectivity index (χ0) is 44.1. The number of nitrogens with two attached hydrogens (primary N) is 1. The molecule has 62 heavy (non-hydrogen) atoms. The number of fused-ring (bicyclic) bond motifs is 20. The summed E-state index contributed by atoms with van der Waals surface area (Å²) in [5.41, 5.74) is -1.19. The maximum atomic E-state index is 14.3. The second-order valence-electron chi connectivity index (χ2n) is 13.7. The molecule has 0 radical (unpaired) electrons. The molecule has 0 fully saturated rings. The summed E-state index contributed by atoms with van der Waals surface area (Å²) in [4.78, 5) is 31.4. The van der Waals surface area contributed by atoms with E-state index in [9.17, 15) is 53.0 Å². The van der Waals surface area contributed by atoms with Gasteiger partial charge in [0.15, 0.2) is 23.3 Å². The number of H-pyrrole nitrogens is 2. The zero-order valence-electron chi connectivity index (χ0n) is 31.2. The topological polar surface area (TPSA) is 356 Å². The Morgan fingerprint density at radius 1 is 0.500 bits per heavy atom. The predicted octanol–water partition coefficient (Wildman–Crippen LogP) is 1.99. The summed E-state index contributed by atoms with van der Waals surface area (Å²) >= 11 is 0. The molecule has 0 atom stereocenters. The SMILES string of the molecule is NS(=O)(=O)c1cccc2c1-c1nc-2nc2[nH]c(nc3[nH]c(nc4nc(n1)-c1cccc(S(=O)(=O)O)c1-4)c1cccc(S(=O)(=O)O)c31)c1cccc(S(=O)(=O)N(CCO)CCO)c21. The van der Waals surface area contributed by atoms with Crippen molar-refractivity contribution in [3.8, 4) is 45.6 Å². The van der Waals surface area contributed by atoms with Gasteiger partial charge in [0, 0.05) is 45.8 Å². The fourth-order valence-corrected chi connectivity index (χ4v) is 11.3. The lowest BCUT2D eigenvalue weighted by Crippen LogP contribution is -2.35. The standard InChI is InChI=1S/C36H28N10O12S4/c37-59(49,50)21-9-1-5-17-25(21)33-38-29(17)40-34-26-18(6-2-10-22(26)60(51,52)46(13-15-47)14-16-48)30(41-34)42-35-28-20(8-4-12-24(28)62(56,57)58)32(44-35)45-36-27-19(31(39-33)43-36)7-3-11-23(27)61(53,54)55/h1-12,47-48H,13-16H2,(H2,37,49,50)(H,53,54,55)(H,56,57,58)(H2,38,39,40,41,42,43,44,45). The van der Waals surface area contributed by atoms with Gasteiger partial charge in [0.25, 0.3) is 20.2 Å². The fraction of sp³-hybridized carbons (Fsp3) is 0.111. The Morgan fingerprint density at radius 3 is 1.47 bits per heavy atom. The van der Waals surface area contributed by atoms with E-state index in [1.54, 1.807) is 0 Å². The molecule has 4 aromatic carbocycles. The minimum atomic E-state index is -4.99. The lowest BCUT2D eigenvalue weighted by molar-refractivity contribution is 0.217. The lowest BCUT2D eigenvalue weighted by Gasteiger charge is -2.20. The predicted molar refractivity (Wildman–Crippen MR) is 220 cm³/mol. The third-order valence-electron chi connectivity index (χ3n) is 9.96. The molecule has 0 unspecified atom stereocenters. The van der Waals surface area contributed by atoms with Gasteiger partial charge in [0.05, 0.1) is 34.1 Å². The minimum absolute atomic E-state index is 0.0144. The van der Waals surface area contributed by atoms with Crippen LogP contribution in [0.2, 0.25) is 0 Å². The summed E-state index contributed by atoms with van der Waals surface area (Å²) in [6, 6.07) is 15.6. The van der Waals surface area contributed by atoms with Crippen LogP contribution in [0, 0.1) is 0 Å². The first kappa shape index (κ1) is 41.2. The smallest absolute Gasteiger partial charge is 0.295 e. The number of rotatable bonds is 9. The summed E-state index contributed by atoms with van der Waals surface area (Å²) in [6.45, 7) is -2.00. The van der Waals surface area contributed by atoms with Gasteiger partial charge >= 0.3 is 0 Å². The van der Waals surface area contributed by atoms with E-state index in [1.165, 1.54) is 60.7 Å². The van der Waals surface area contributed by atoms with E-state index in [1.807, 2.05) is 0 Å². The number of sulfonamides is 2. The maximum Gasteiger partial charge on any atom is 0.295 e. The van der Waals surface area contributed by atoms with E-state index in [-0.39, 0.29) is 94.6 Å². The van der Waals surface area contributed by atoms with Crippen LogP contribution in [-0.4, -0.2) is 123 Å². The van der Waals surface area contributed by atoms with E-state index < -0.39 is 81.3 Å². The molecular formula is C36H28N10O12S4. The quantitative estimate of drug-likeness (QED) is 0.102. The van der Waals surface area contributed by atoms with Crippen molar-refractivity contribution in [2.45, 2.75) is 19.6 Å². The Labute approximate surface area is 349 Å². The van der Waals surface area contributed by atoms with Crippen LogP contribution in [-0.2, 0) is 40.3 Å². The monoisotopic (exact) mass is 920 g/mol. The highest BCUT2D eigenvalue weighted by Gasteiger charge is 2.33. The Balaban J connectivity index is 1.54. The largest absolute Gasteiger partial charge is 0.395 e. The molecule has 2 aliphatic heterocycles. The van der Waals surface area contributed by atoms with Gasteiger partial charge < -0.3 is 20.2 Å². The van der Waals surface area contributed by atoms with Gasteiger partial charge in [-0.05, 0) is 24.3 Å². The normalized spacial score (nSPS) is 13.2. The third kappa shape index (κ3) is 6.68. The van der Waals surface area contributed by atoms with Gasteiger partial charge in [0.2, 0.25) is 20.0 Å². The zero-order valence-corrected chi connectivity index (χ0v) is 34.4. The van der Waals surface area contributed by atoms with E-state index in [2.05, 4.69) is 34.9 Å². The Bertz CT molecular complexity index is 3740. The van der Waals surface area contributed by atoms with E-state index in [4.69, 9.17) is 10.1 Å². The van der Waals surface area contributed by atoms with Crippen LogP contribution in [0.4, 0.5) is 0 Å². The van der Waals surface area contributed by atoms with Crippen molar-refractivity contribution in [2.24, 2.45) is 5.14 Å². The number of benzene rings is 4. The highest BCUT2D eigenvalue weighted by Crippen LogP contribution is 2.42. The molecule has 2 aliphatic rings. The van der Waals surface area contributed by atoms with Crippen molar-refractivity contribution in [3.63, 3.8) is 0 Å². The average Bonchev–Trinajstić information content (AvgIpc) is 3.95. The number of aliphatic hydroxyl groups is 2. The van der Waals surface area contributed by atoms with Crippen molar-refractivity contribution in [1.82, 2.24) is 44.2 Å². The number of hydrogen-bond donors (Lipinski definition) is 7. The third-order valence-corrected chi connectivity index (χ3v) is 14.7. The van der Waals surface area contributed by atoms with Crippen LogP contribution in [0.25, 0.3) is 89.7 Å². The molecule has 7 aromatic rings. The first-order valence-corrected chi connectivity index (χ1v) is 23.7. The lowest BCUT2D eigenvalue weighted by atomic mass is 10.1. The van der Waals surface area contributed by atoms with Crippen LogP contribution in [0.3, 0.4) is 0 Å². The highest BCUT2D eigenvalue weighted by atomic mass is 32.2. The Kier molecular flexibility index (Phi) is 9.59. The van der Waals surface area contributed by atoms with Crippen LogP contribution in [0.15, 0.2) is 92.4 Å². The summed E-state index contributed by atoms with van der Waals surface area (Å²) in [7, 11) is -19.0. The number of aromatic nitrogens is 8. The molecule has 5 heterocycles. The first-order valence-electron chi connectivity index (χ1n) is 17.9. The van der Waals surface area contributed by atoms with Crippen molar-refractivity contribution >= 4 is 84.4 Å². The van der Waals surface area contributed by atoms with Crippen molar-refractivity contribution in [1.29, 1.82) is 0 Å². The number of aromatic amines is 2. The average molecular weight is 921 g/mol. The van der Waals surface area contributed by atoms with Crippen LogP contribution in [0.1, 0.15) is 0 Å². The van der Waals surface area contributed by atoms with E-state index in [0.29, 0.717) is 0 Å². The first-order chi connectivity index (χ1) is 29.3. The summed E-state index contributed by atoms with van der Waals surface area (Å²) in [5.74, 6) is -1.23. The molecule has 22 nitrogen and oxygen atoms in total. The van der Waals surface area contributed by atoms with E-state index >= 15 is 0 Å². The van der Waals surface area contributed by atoms with Gasteiger partial charge in [-0.2, -0.15) is 21.1 Å². The molecule has 318 valence electrons. The van der Waals surface area contributed by atoms with Crippen LogP contribution < -0.4 is 5.14 Å². The van der Waals surface area contributed by atoms with Gasteiger partial charge in [-0.15, -0.1) is 0 Å². The summed E-state index contributed by atoms with van der Waals surface area (Å²) in [6.07, 6.45) is 0. The molecule has 0 amide bonds. The fourth-order valence-electron chi connectivity index (χ4n) is 7.46. The molecule has 0 aliphatic carbocycles. The number of aliphatic hydroxyl groups excluding tert-OH is 2. The van der Waals surface area contributed by atoms with E-state index in [0.717, 1.165) is 16.4 Å². The van der Waals surface area contributed by atoms with Crippen LogP contribution >= 0.6 is 0 Å². The van der Waals surface area contributed by atoms with Crippen molar-refractivity contribution in [2.75, 3.05) is 26.3 Å². The number of nitrogens with zero attached hydrogens (tertiary/aromatic N) is 7. The molecule has 9 rings (SSSR count). The van der Waals surface area contributed by atoms with Gasteiger partial charge in [0.1, 0.15) is 32.4 Å². The molecule has 26 heteroatoms. The van der Waals surface area contributed by atoms with Gasteiger partial charge in [-0.1, -0.05) is 48.5 Å². The molecule has 3 aromatic heterocycles. The Morgan fingerprint density at radius 2 is 0.919 bits per heavy atom. The van der Waals surface area contributed by atoms with Gasteiger partial charge in [-0.3, -0.25) is 9.11 Å². The summed E-state index contributed by atoms with van der Waals surface area (Å²) in [5, 5.41) is 24.9. The maximum absolute atomic E-state index is 14.3. The molecule has 8 bridgehead atoms. The molecule has 0 spiro atoms. The molecule has 0 saturated carbocycles. The number of nitrogens with one attached hydrogen (secondary N) is 2. The number of primary sulfonamides is 1. The molecule has 0 saturated heterocycles. The van der Waals surface area contributed by atoms with Gasteiger partial charge in [-0.25, -0.2) is 51.9 Å². The van der Waals surface area contributed by atoms with Crippen molar-refractivity contribution in [3.05, 3.63) is 72.8 Å². The number of hydrogen-bond acceptors (Lipinski definition) is 16. The molecule has 8 N–H and O–H groups in total. The Hall–Kier alpha value is -6.20. The summed E-state index contributed by atoms with van der Waals surface area (Å²) < 4.78 is 128. The van der Waals surface area contributed by atoms with Crippen LogP contribution in [0.5, 0.6) is 0 Å². The molecular weight excluding hydrogens is 893 g/mol.